The highest BCUT2D eigenvalue weighted by Crippen LogP contribution is 2.25. The summed E-state index contributed by atoms with van der Waals surface area (Å²) in [6.07, 6.45) is 2.11. The number of nitrogens with two attached hydrogens (primary N) is 1. The highest BCUT2D eigenvalue weighted by Gasteiger charge is 2.22. The number of hydrogen-bond acceptors (Lipinski definition) is 4. The van der Waals surface area contributed by atoms with Crippen molar-refractivity contribution in [1.29, 1.82) is 0 Å². The SMILES string of the molecule is CC(C)(C)CC(CC(=O)O)Nc1ncccc1C(N)=O. The van der Waals surface area contributed by atoms with E-state index in [1.54, 1.807) is 12.1 Å². The third-order valence-electron chi connectivity index (χ3n) is 2.69. The number of carbonyl (C=O) groups excluding carboxylic acids is 1. The van der Waals surface area contributed by atoms with Gasteiger partial charge in [-0.05, 0) is 24.0 Å². The molecule has 4 N–H and O–H groups in total. The molecule has 6 nitrogen and oxygen atoms in total. The molecule has 0 aliphatic rings. The molecule has 6 heteroatoms. The van der Waals surface area contributed by atoms with Crippen LogP contribution >= 0.6 is 0 Å². The molecule has 1 heterocycles. The Hall–Kier alpha value is -2.11. The van der Waals surface area contributed by atoms with Crippen LogP contribution in [0, 0.1) is 5.41 Å². The maximum atomic E-state index is 11.3. The first-order chi connectivity index (χ1) is 9.19. The Kier molecular flexibility index (Phi) is 5.07. The van der Waals surface area contributed by atoms with Crippen LogP contribution in [0.15, 0.2) is 18.3 Å². The number of aliphatic carboxylic acids is 1. The lowest BCUT2D eigenvalue weighted by Gasteiger charge is -2.26. The minimum absolute atomic E-state index is 0.0468. The lowest BCUT2D eigenvalue weighted by atomic mass is 9.87. The molecule has 0 fully saturated rings. The van der Waals surface area contributed by atoms with Crippen LogP contribution in [0.3, 0.4) is 0 Å². The van der Waals surface area contributed by atoms with E-state index in [2.05, 4.69) is 10.3 Å². The summed E-state index contributed by atoms with van der Waals surface area (Å²) in [6.45, 7) is 6.07. The van der Waals surface area contributed by atoms with Crippen molar-refractivity contribution in [2.24, 2.45) is 11.1 Å². The summed E-state index contributed by atoms with van der Waals surface area (Å²) in [4.78, 5) is 26.4. The Balaban J connectivity index is 2.94. The summed E-state index contributed by atoms with van der Waals surface area (Å²) in [5.41, 5.74) is 5.50. The van der Waals surface area contributed by atoms with Crippen molar-refractivity contribution < 1.29 is 14.7 Å². The minimum Gasteiger partial charge on any atom is -0.481 e. The summed E-state index contributed by atoms with van der Waals surface area (Å²) < 4.78 is 0. The topological polar surface area (TPSA) is 105 Å². The predicted octanol–water partition coefficient (Wildman–Crippen LogP) is 1.87. The van der Waals surface area contributed by atoms with Gasteiger partial charge in [-0.15, -0.1) is 0 Å². The fourth-order valence-electron chi connectivity index (χ4n) is 2.04. The Labute approximate surface area is 118 Å². The van der Waals surface area contributed by atoms with Crippen LogP contribution < -0.4 is 11.1 Å². The van der Waals surface area contributed by atoms with Gasteiger partial charge in [-0.25, -0.2) is 4.98 Å². The van der Waals surface area contributed by atoms with Crippen molar-refractivity contribution in [3.63, 3.8) is 0 Å². The highest BCUT2D eigenvalue weighted by molar-refractivity contribution is 5.97. The van der Waals surface area contributed by atoms with Gasteiger partial charge in [-0.1, -0.05) is 20.8 Å². The normalized spacial score (nSPS) is 12.8. The third-order valence-corrected chi connectivity index (χ3v) is 2.69. The second-order valence-electron chi connectivity index (χ2n) is 5.97. The molecule has 110 valence electrons. The maximum absolute atomic E-state index is 11.3. The molecular formula is C14H21N3O3. The highest BCUT2D eigenvalue weighted by atomic mass is 16.4. The van der Waals surface area contributed by atoms with Crippen LogP contribution in [-0.4, -0.2) is 28.0 Å². The van der Waals surface area contributed by atoms with Crippen molar-refractivity contribution in [3.8, 4) is 0 Å². The van der Waals surface area contributed by atoms with E-state index < -0.39 is 11.9 Å². The van der Waals surface area contributed by atoms with Crippen molar-refractivity contribution in [2.75, 3.05) is 5.32 Å². The van der Waals surface area contributed by atoms with E-state index in [1.165, 1.54) is 6.20 Å². The molecule has 1 aromatic heterocycles. The number of carboxylic acid groups (broad SMARTS) is 1. The first kappa shape index (κ1) is 15.9. The molecule has 1 unspecified atom stereocenters. The number of primary amides is 1. The molecule has 1 amide bonds. The number of anilines is 1. The van der Waals surface area contributed by atoms with Gasteiger partial charge < -0.3 is 16.2 Å². The molecule has 0 aliphatic carbocycles. The fourth-order valence-corrected chi connectivity index (χ4v) is 2.04. The number of carboxylic acids is 1. The van der Waals surface area contributed by atoms with Crippen molar-refractivity contribution >= 4 is 17.7 Å². The Morgan fingerprint density at radius 2 is 2.10 bits per heavy atom. The molecule has 1 atom stereocenters. The lowest BCUT2D eigenvalue weighted by Crippen LogP contribution is -2.30. The van der Waals surface area contributed by atoms with Gasteiger partial charge in [0.15, 0.2) is 0 Å². The first-order valence-electron chi connectivity index (χ1n) is 6.42. The van der Waals surface area contributed by atoms with Gasteiger partial charge in [-0.2, -0.15) is 0 Å². The van der Waals surface area contributed by atoms with Gasteiger partial charge in [0.05, 0.1) is 12.0 Å². The van der Waals surface area contributed by atoms with Crippen molar-refractivity contribution in [1.82, 2.24) is 4.98 Å². The zero-order chi connectivity index (χ0) is 15.3. The number of nitrogens with zero attached hydrogens (tertiary/aromatic N) is 1. The van der Waals surface area contributed by atoms with E-state index in [0.29, 0.717) is 12.2 Å². The molecule has 0 aliphatic heterocycles. The molecule has 0 saturated carbocycles. The molecule has 0 aromatic carbocycles. The number of rotatable bonds is 6. The smallest absolute Gasteiger partial charge is 0.305 e. The van der Waals surface area contributed by atoms with E-state index in [9.17, 15) is 9.59 Å². The Bertz CT molecular complexity index is 495. The number of nitrogens with one attached hydrogen (secondary N) is 1. The van der Waals surface area contributed by atoms with E-state index in [-0.39, 0.29) is 23.4 Å². The minimum atomic E-state index is -0.900. The average molecular weight is 279 g/mol. The Morgan fingerprint density at radius 1 is 1.45 bits per heavy atom. The van der Waals surface area contributed by atoms with Gasteiger partial charge in [-0.3, -0.25) is 9.59 Å². The Morgan fingerprint density at radius 3 is 2.60 bits per heavy atom. The summed E-state index contributed by atoms with van der Waals surface area (Å²) in [6, 6.07) is 2.86. The maximum Gasteiger partial charge on any atom is 0.305 e. The molecular weight excluding hydrogens is 258 g/mol. The van der Waals surface area contributed by atoms with E-state index in [4.69, 9.17) is 10.8 Å². The molecule has 0 spiro atoms. The van der Waals surface area contributed by atoms with Crippen LogP contribution in [0.2, 0.25) is 0 Å². The standard InChI is InChI=1S/C14H21N3O3/c1-14(2,3)8-9(7-11(18)19)17-13-10(12(15)20)5-4-6-16-13/h4-6,9H,7-8H2,1-3H3,(H2,15,20)(H,16,17)(H,18,19). The molecule has 1 rings (SSSR count). The zero-order valence-electron chi connectivity index (χ0n) is 12.0. The van der Waals surface area contributed by atoms with Crippen LogP contribution in [0.4, 0.5) is 5.82 Å². The third kappa shape index (κ3) is 5.26. The van der Waals surface area contributed by atoms with Crippen LogP contribution in [0.5, 0.6) is 0 Å². The van der Waals surface area contributed by atoms with E-state index in [1.807, 2.05) is 20.8 Å². The molecule has 0 radical (unpaired) electrons. The second kappa shape index (κ2) is 6.36. The summed E-state index contributed by atoms with van der Waals surface area (Å²) in [5.74, 6) is -1.16. The van der Waals surface area contributed by atoms with E-state index in [0.717, 1.165) is 0 Å². The van der Waals surface area contributed by atoms with Crippen LogP contribution in [0.25, 0.3) is 0 Å². The predicted molar refractivity (Wildman–Crippen MR) is 76.5 cm³/mol. The summed E-state index contributed by atoms with van der Waals surface area (Å²) >= 11 is 0. The molecule has 20 heavy (non-hydrogen) atoms. The van der Waals surface area contributed by atoms with Gasteiger partial charge in [0.1, 0.15) is 5.82 Å². The molecule has 0 bridgehead atoms. The van der Waals surface area contributed by atoms with Gasteiger partial charge >= 0.3 is 5.97 Å². The van der Waals surface area contributed by atoms with Gasteiger partial charge in [0, 0.05) is 12.2 Å². The molecule has 1 aromatic rings. The first-order valence-corrected chi connectivity index (χ1v) is 6.42. The zero-order valence-corrected chi connectivity index (χ0v) is 12.0. The van der Waals surface area contributed by atoms with E-state index >= 15 is 0 Å². The number of carbonyl (C=O) groups is 2. The van der Waals surface area contributed by atoms with Gasteiger partial charge in [0.25, 0.3) is 5.91 Å². The quantitative estimate of drug-likeness (QED) is 0.737. The van der Waals surface area contributed by atoms with Gasteiger partial charge in [0.2, 0.25) is 0 Å². The van der Waals surface area contributed by atoms with Crippen LogP contribution in [-0.2, 0) is 4.79 Å². The van der Waals surface area contributed by atoms with Crippen LogP contribution in [0.1, 0.15) is 44.0 Å². The summed E-state index contributed by atoms with van der Waals surface area (Å²) in [7, 11) is 0. The average Bonchev–Trinajstić information content (AvgIpc) is 2.25. The number of hydrogen-bond donors (Lipinski definition) is 3. The fraction of sp³-hybridized carbons (Fsp3) is 0.500. The van der Waals surface area contributed by atoms with Crippen molar-refractivity contribution in [3.05, 3.63) is 23.9 Å². The number of aromatic nitrogens is 1. The molecule has 0 saturated heterocycles. The number of pyridine rings is 1. The summed E-state index contributed by atoms with van der Waals surface area (Å²) in [5, 5.41) is 12.0. The lowest BCUT2D eigenvalue weighted by molar-refractivity contribution is -0.137. The van der Waals surface area contributed by atoms with Crippen molar-refractivity contribution in [2.45, 2.75) is 39.7 Å². The second-order valence-corrected chi connectivity index (χ2v) is 5.97. The monoisotopic (exact) mass is 279 g/mol. The largest absolute Gasteiger partial charge is 0.481 e. The number of amides is 1.